The zero-order valence-corrected chi connectivity index (χ0v) is 11.7. The van der Waals surface area contributed by atoms with Crippen molar-refractivity contribution < 1.29 is 14.3 Å². The number of hydrogen-bond acceptors (Lipinski definition) is 4. The highest BCUT2D eigenvalue weighted by Crippen LogP contribution is 2.21. The first-order valence-electron chi connectivity index (χ1n) is 6.02. The highest BCUT2D eigenvalue weighted by atomic mass is 16.5. The lowest BCUT2D eigenvalue weighted by molar-refractivity contribution is -0.123. The molecule has 0 bridgehead atoms. The summed E-state index contributed by atoms with van der Waals surface area (Å²) in [6.45, 7) is 5.64. The molecule has 0 atom stereocenters. The Kier molecular flexibility index (Phi) is 4.67. The Morgan fingerprint density at radius 3 is 2.47 bits per heavy atom. The van der Waals surface area contributed by atoms with Crippen molar-refractivity contribution in [1.82, 2.24) is 0 Å². The molecule has 5 heteroatoms. The smallest absolute Gasteiger partial charge is 0.337 e. The monoisotopic (exact) mass is 264 g/mol. The second-order valence-electron chi connectivity index (χ2n) is 5.06. The van der Waals surface area contributed by atoms with Crippen molar-refractivity contribution in [2.75, 3.05) is 19.0 Å². The molecule has 0 unspecified atom stereocenters. The van der Waals surface area contributed by atoms with E-state index in [9.17, 15) is 9.59 Å². The predicted molar refractivity (Wildman–Crippen MR) is 74.0 cm³/mol. The number of carbonyl (C=O) groups excluding carboxylic acids is 2. The molecule has 1 amide bonds. The van der Waals surface area contributed by atoms with Gasteiger partial charge in [0.2, 0.25) is 5.91 Å². The Morgan fingerprint density at radius 1 is 1.37 bits per heavy atom. The molecule has 5 nitrogen and oxygen atoms in total. The van der Waals surface area contributed by atoms with E-state index in [0.717, 1.165) is 5.56 Å². The highest BCUT2D eigenvalue weighted by molar-refractivity contribution is 5.96. The Balaban J connectivity index is 2.93. The van der Waals surface area contributed by atoms with Crippen LogP contribution in [-0.4, -0.2) is 25.5 Å². The summed E-state index contributed by atoms with van der Waals surface area (Å²) in [4.78, 5) is 23.4. The fourth-order valence-corrected chi connectivity index (χ4v) is 1.43. The molecule has 0 saturated carbocycles. The van der Waals surface area contributed by atoms with E-state index in [2.05, 4.69) is 10.1 Å². The molecule has 104 valence electrons. The number of aryl methyl sites for hydroxylation is 1. The second kappa shape index (κ2) is 5.84. The Hall–Kier alpha value is -1.88. The Morgan fingerprint density at radius 2 is 2.00 bits per heavy atom. The number of amides is 1. The van der Waals surface area contributed by atoms with Crippen LogP contribution >= 0.6 is 0 Å². The summed E-state index contributed by atoms with van der Waals surface area (Å²) in [5, 5.41) is 2.81. The van der Waals surface area contributed by atoms with Crippen molar-refractivity contribution in [1.29, 1.82) is 0 Å². The van der Waals surface area contributed by atoms with Crippen LogP contribution in [0.1, 0.15) is 29.8 Å². The molecule has 0 spiro atoms. The van der Waals surface area contributed by atoms with Crippen LogP contribution in [0.2, 0.25) is 0 Å². The van der Waals surface area contributed by atoms with E-state index in [1.807, 2.05) is 6.92 Å². The minimum atomic E-state index is -0.631. The van der Waals surface area contributed by atoms with Crippen LogP contribution in [0, 0.1) is 12.3 Å². The number of nitrogens with two attached hydrogens (primary N) is 1. The van der Waals surface area contributed by atoms with Gasteiger partial charge in [0.05, 0.1) is 18.1 Å². The van der Waals surface area contributed by atoms with Crippen LogP contribution in [-0.2, 0) is 9.53 Å². The van der Waals surface area contributed by atoms with Crippen LogP contribution < -0.4 is 11.1 Å². The van der Waals surface area contributed by atoms with Gasteiger partial charge in [0.1, 0.15) is 0 Å². The standard InChI is InChI=1S/C14H20N2O3/c1-9-7-10(12(17)19-4)5-6-11(9)16-13(18)14(2,3)8-15/h5-7H,8,15H2,1-4H3,(H,16,18). The first kappa shape index (κ1) is 15.2. The maximum Gasteiger partial charge on any atom is 0.337 e. The molecule has 3 N–H and O–H groups in total. The molecule has 0 aliphatic rings. The van der Waals surface area contributed by atoms with Crippen molar-refractivity contribution in [2.45, 2.75) is 20.8 Å². The number of rotatable bonds is 4. The fourth-order valence-electron chi connectivity index (χ4n) is 1.43. The first-order valence-corrected chi connectivity index (χ1v) is 6.02. The number of nitrogens with one attached hydrogen (secondary N) is 1. The molecular formula is C14H20N2O3. The zero-order chi connectivity index (χ0) is 14.6. The maximum absolute atomic E-state index is 12.0. The molecule has 1 rings (SSSR count). The van der Waals surface area contributed by atoms with Crippen molar-refractivity contribution in [3.8, 4) is 0 Å². The summed E-state index contributed by atoms with van der Waals surface area (Å²) in [5.74, 6) is -0.549. The quantitative estimate of drug-likeness (QED) is 0.811. The molecule has 0 aliphatic carbocycles. The van der Waals surface area contributed by atoms with Crippen molar-refractivity contribution >= 4 is 17.6 Å². The highest BCUT2D eigenvalue weighted by Gasteiger charge is 2.26. The topological polar surface area (TPSA) is 81.4 Å². The van der Waals surface area contributed by atoms with Gasteiger partial charge >= 0.3 is 5.97 Å². The molecular weight excluding hydrogens is 244 g/mol. The lowest BCUT2D eigenvalue weighted by atomic mass is 9.92. The van der Waals surface area contributed by atoms with Crippen molar-refractivity contribution in [3.05, 3.63) is 29.3 Å². The molecule has 0 radical (unpaired) electrons. The van der Waals surface area contributed by atoms with Gasteiger partial charge in [-0.1, -0.05) is 0 Å². The van der Waals surface area contributed by atoms with Gasteiger partial charge in [-0.3, -0.25) is 4.79 Å². The molecule has 1 aromatic carbocycles. The normalized spacial score (nSPS) is 11.0. The van der Waals surface area contributed by atoms with Crippen molar-refractivity contribution in [2.24, 2.45) is 11.1 Å². The zero-order valence-electron chi connectivity index (χ0n) is 11.7. The number of ether oxygens (including phenoxy) is 1. The predicted octanol–water partition coefficient (Wildman–Crippen LogP) is 1.71. The van der Waals surface area contributed by atoms with Gasteiger partial charge in [-0.2, -0.15) is 0 Å². The average molecular weight is 264 g/mol. The van der Waals surface area contributed by atoms with E-state index in [4.69, 9.17) is 5.73 Å². The summed E-state index contributed by atoms with van der Waals surface area (Å²) in [6, 6.07) is 4.98. The fraction of sp³-hybridized carbons (Fsp3) is 0.429. The third kappa shape index (κ3) is 3.54. The molecule has 0 aromatic heterocycles. The van der Waals surface area contributed by atoms with Gasteiger partial charge in [0.15, 0.2) is 0 Å². The second-order valence-corrected chi connectivity index (χ2v) is 5.06. The summed E-state index contributed by atoms with van der Waals surface area (Å²) >= 11 is 0. The van der Waals surface area contributed by atoms with E-state index in [-0.39, 0.29) is 12.5 Å². The van der Waals surface area contributed by atoms with Crippen LogP contribution in [0.25, 0.3) is 0 Å². The van der Waals surface area contributed by atoms with E-state index < -0.39 is 11.4 Å². The molecule has 1 aromatic rings. The van der Waals surface area contributed by atoms with Crippen molar-refractivity contribution in [3.63, 3.8) is 0 Å². The minimum Gasteiger partial charge on any atom is -0.465 e. The Bertz CT molecular complexity index is 495. The average Bonchev–Trinajstić information content (AvgIpc) is 2.39. The van der Waals surface area contributed by atoms with Gasteiger partial charge in [0, 0.05) is 12.2 Å². The van der Waals surface area contributed by atoms with Crippen LogP contribution in [0.4, 0.5) is 5.69 Å². The van der Waals surface area contributed by atoms with Crippen LogP contribution in [0.15, 0.2) is 18.2 Å². The SMILES string of the molecule is COC(=O)c1ccc(NC(=O)C(C)(C)CN)c(C)c1. The van der Waals surface area contributed by atoms with E-state index in [1.165, 1.54) is 7.11 Å². The Labute approximate surface area is 113 Å². The number of esters is 1. The van der Waals surface area contributed by atoms with Gasteiger partial charge in [-0.05, 0) is 44.5 Å². The third-order valence-corrected chi connectivity index (χ3v) is 3.02. The number of carbonyl (C=O) groups is 2. The maximum atomic E-state index is 12.0. The molecule has 19 heavy (non-hydrogen) atoms. The lowest BCUT2D eigenvalue weighted by Crippen LogP contribution is -2.37. The summed E-state index contributed by atoms with van der Waals surface area (Å²) in [5.41, 5.74) is 6.84. The number of benzene rings is 1. The van der Waals surface area contributed by atoms with Gasteiger partial charge in [-0.15, -0.1) is 0 Å². The third-order valence-electron chi connectivity index (χ3n) is 3.02. The van der Waals surface area contributed by atoms with E-state index >= 15 is 0 Å². The summed E-state index contributed by atoms with van der Waals surface area (Å²) in [6.07, 6.45) is 0. The molecule has 0 heterocycles. The summed E-state index contributed by atoms with van der Waals surface area (Å²) in [7, 11) is 1.33. The molecule has 0 fully saturated rings. The van der Waals surface area contributed by atoms with Gasteiger partial charge < -0.3 is 15.8 Å². The van der Waals surface area contributed by atoms with E-state index in [0.29, 0.717) is 11.3 Å². The van der Waals surface area contributed by atoms with Crippen LogP contribution in [0.5, 0.6) is 0 Å². The van der Waals surface area contributed by atoms with Gasteiger partial charge in [0.25, 0.3) is 0 Å². The number of hydrogen-bond donors (Lipinski definition) is 2. The lowest BCUT2D eigenvalue weighted by Gasteiger charge is -2.22. The number of methoxy groups -OCH3 is 1. The van der Waals surface area contributed by atoms with Gasteiger partial charge in [-0.25, -0.2) is 4.79 Å². The minimum absolute atomic E-state index is 0.149. The van der Waals surface area contributed by atoms with Crippen LogP contribution in [0.3, 0.4) is 0 Å². The van der Waals surface area contributed by atoms with E-state index in [1.54, 1.807) is 32.0 Å². The molecule has 0 saturated heterocycles. The first-order chi connectivity index (χ1) is 8.81. The molecule has 0 aliphatic heterocycles. The largest absolute Gasteiger partial charge is 0.465 e. The summed E-state index contributed by atoms with van der Waals surface area (Å²) < 4.78 is 4.64. The number of anilines is 1.